The Balaban J connectivity index is 1.39. The quantitative estimate of drug-likeness (QED) is 0.0149. The zero-order chi connectivity index (χ0) is 66.0. The number of urea groups is 1. The SMILES string of the molecule is CC(=O)N[C@H](Cc1ccc2ccccc2c1)C(=O)N[C@H](Cc1ccc(Cl)cc1)C(=O)N[C@H](Cc1cccnc1)C(=O)N[C@@H](CO)C(=O)N[C@H](CCCNC(N)=O)C(=O)N[C@@H](CC(C)C)C(=O)N[C@@H](CCCN=C(N)N)C(=O)N1CCC[C@H]1C(=O)N[C@H](C)C(N)=O. The number of nitrogens with two attached hydrogens (primary N) is 4. The van der Waals surface area contributed by atoms with E-state index in [-0.39, 0.29) is 89.3 Å². The fourth-order valence-electron chi connectivity index (χ4n) is 10.0. The first-order chi connectivity index (χ1) is 42.8. The first-order valence-electron chi connectivity index (χ1n) is 29.6. The molecule has 0 unspecified atom stereocenters. The van der Waals surface area contributed by atoms with Crippen LogP contribution in [0.2, 0.25) is 5.02 Å². The molecular weight excluding hydrogens is 1180 g/mol. The largest absolute Gasteiger partial charge is 0.394 e. The number of aliphatic hydroxyl groups is 1. The molecule has 12 amide bonds. The molecule has 1 aliphatic rings. The highest BCUT2D eigenvalue weighted by molar-refractivity contribution is 6.30. The van der Waals surface area contributed by atoms with Crippen LogP contribution in [0.25, 0.3) is 10.8 Å². The van der Waals surface area contributed by atoms with E-state index >= 15 is 0 Å². The molecule has 1 fully saturated rings. The molecule has 486 valence electrons. The predicted molar refractivity (Wildman–Crippen MR) is 335 cm³/mol. The van der Waals surface area contributed by atoms with E-state index in [1.54, 1.807) is 50.2 Å². The summed E-state index contributed by atoms with van der Waals surface area (Å²) in [4.78, 5) is 160. The number of hydrogen-bond donors (Lipinski definition) is 14. The Morgan fingerprint density at radius 1 is 0.622 bits per heavy atom. The van der Waals surface area contributed by atoms with E-state index in [1.807, 2.05) is 42.5 Å². The maximum absolute atomic E-state index is 14.7. The van der Waals surface area contributed by atoms with Crippen molar-refractivity contribution in [2.75, 3.05) is 26.2 Å². The molecule has 0 spiro atoms. The summed E-state index contributed by atoms with van der Waals surface area (Å²) in [6.45, 7) is 5.28. The van der Waals surface area contributed by atoms with Crippen LogP contribution < -0.4 is 70.8 Å². The first-order valence-corrected chi connectivity index (χ1v) is 30.0. The monoisotopic (exact) mass is 1270 g/mol. The fraction of sp³-hybridized carbons (Fsp3) is 0.459. The van der Waals surface area contributed by atoms with E-state index in [4.69, 9.17) is 34.5 Å². The Bertz CT molecular complexity index is 3190. The Hall–Kier alpha value is -9.44. The average molecular weight is 1270 g/mol. The van der Waals surface area contributed by atoms with Gasteiger partial charge in [0.15, 0.2) is 5.96 Å². The summed E-state index contributed by atoms with van der Waals surface area (Å²) in [6, 6.07) is 9.96. The van der Waals surface area contributed by atoms with Crippen LogP contribution in [0, 0.1) is 5.92 Å². The number of nitrogens with one attached hydrogen (secondary N) is 9. The smallest absolute Gasteiger partial charge is 0.312 e. The molecule has 0 saturated carbocycles. The number of benzene rings is 3. The van der Waals surface area contributed by atoms with Gasteiger partial charge in [0.05, 0.1) is 6.61 Å². The number of carbonyl (C=O) groups is 11. The van der Waals surface area contributed by atoms with Crippen molar-refractivity contribution in [3.63, 3.8) is 0 Å². The highest BCUT2D eigenvalue weighted by Gasteiger charge is 2.40. The minimum absolute atomic E-state index is 0.000934. The second kappa shape index (κ2) is 35.5. The molecule has 0 aliphatic carbocycles. The second-order valence-corrected chi connectivity index (χ2v) is 22.9. The van der Waals surface area contributed by atoms with Crippen LogP contribution in [0.15, 0.2) is 96.2 Å². The summed E-state index contributed by atoms with van der Waals surface area (Å²) in [5.74, 6) is -8.43. The number of primary amides is 2. The molecule has 0 radical (unpaired) electrons. The highest BCUT2D eigenvalue weighted by atomic mass is 35.5. The summed E-state index contributed by atoms with van der Waals surface area (Å²) in [7, 11) is 0. The number of likely N-dealkylation sites (tertiary alicyclic amines) is 1. The van der Waals surface area contributed by atoms with Gasteiger partial charge in [-0.05, 0) is 103 Å². The molecule has 1 aromatic heterocycles. The van der Waals surface area contributed by atoms with Crippen molar-refractivity contribution in [1.29, 1.82) is 0 Å². The van der Waals surface area contributed by atoms with Crippen LogP contribution in [0.4, 0.5) is 4.79 Å². The van der Waals surface area contributed by atoms with Crippen molar-refractivity contribution in [2.45, 2.75) is 146 Å². The van der Waals surface area contributed by atoms with Crippen LogP contribution in [0.3, 0.4) is 0 Å². The van der Waals surface area contributed by atoms with Gasteiger partial charge in [0.25, 0.3) is 0 Å². The molecular formula is C61H83ClN16O12. The first kappa shape index (κ1) is 71.3. The Morgan fingerprint density at radius 2 is 1.17 bits per heavy atom. The molecule has 2 heterocycles. The van der Waals surface area contributed by atoms with E-state index in [2.05, 4.69) is 57.8 Å². The highest BCUT2D eigenvalue weighted by Crippen LogP contribution is 2.22. The molecule has 5 rings (SSSR count). The number of aromatic nitrogens is 1. The van der Waals surface area contributed by atoms with Crippen LogP contribution in [0.5, 0.6) is 0 Å². The third-order valence-corrected chi connectivity index (χ3v) is 14.9. The number of hydrogen-bond acceptors (Lipinski definition) is 14. The maximum Gasteiger partial charge on any atom is 0.312 e. The number of rotatable bonds is 34. The zero-order valence-corrected chi connectivity index (χ0v) is 51.6. The molecule has 0 bridgehead atoms. The summed E-state index contributed by atoms with van der Waals surface area (Å²) in [5, 5.41) is 36.5. The summed E-state index contributed by atoms with van der Waals surface area (Å²) in [6.07, 6.45) is 3.27. The third-order valence-electron chi connectivity index (χ3n) is 14.7. The van der Waals surface area contributed by atoms with E-state index in [0.29, 0.717) is 28.1 Å². The second-order valence-electron chi connectivity index (χ2n) is 22.4. The number of aliphatic hydroxyl groups excluding tert-OH is 1. The normalized spacial score (nSPS) is 15.4. The van der Waals surface area contributed by atoms with Crippen molar-refractivity contribution in [2.24, 2.45) is 33.8 Å². The minimum Gasteiger partial charge on any atom is -0.394 e. The van der Waals surface area contributed by atoms with Gasteiger partial charge in [-0.15, -0.1) is 0 Å². The van der Waals surface area contributed by atoms with Gasteiger partial charge in [-0.3, -0.25) is 57.9 Å². The standard InChI is InChI=1S/C61H83ClN16O12/c1-34(2)27-45(53(83)73-44(15-9-24-68-60(64)65)59(89)78-26-10-16-50(78)58(88)70-35(3)51(63)81)74-52(82)43(14-8-25-69-61(66)90)72-57(87)49(33-79)77-56(86)48(31-39-11-7-23-67-32-39)76-55(85)47(29-37-18-21-42(62)22-19-37)75-54(84)46(71-36(4)80)30-38-17-20-40-12-5-6-13-41(40)28-38/h5-7,11-13,17-23,28,32,34-35,43-50,79H,8-10,14-16,24-27,29-31,33H2,1-4H3,(H2,63,81)(H,70,88)(H,71,80)(H,72,87)(H,73,83)(H,74,82)(H,75,84)(H,76,85)(H,77,86)(H4,64,65,68)(H3,66,69,90)/t35-,43-,44+,45+,46-,47-,48-,49+,50+/m1/s1. The van der Waals surface area contributed by atoms with Gasteiger partial charge in [-0.1, -0.05) is 86.1 Å². The average Bonchev–Trinajstić information content (AvgIpc) is 3.52. The van der Waals surface area contributed by atoms with Crippen LogP contribution in [0.1, 0.15) is 89.3 Å². The molecule has 29 heteroatoms. The molecule has 1 saturated heterocycles. The van der Waals surface area contributed by atoms with Gasteiger partial charge in [-0.25, -0.2) is 4.79 Å². The molecule has 4 aromatic rings. The lowest BCUT2D eigenvalue weighted by molar-refractivity contribution is -0.142. The Morgan fingerprint density at radius 3 is 1.77 bits per heavy atom. The zero-order valence-electron chi connectivity index (χ0n) is 50.8. The van der Waals surface area contributed by atoms with Crippen molar-refractivity contribution in [1.82, 2.24) is 57.7 Å². The number of guanidine groups is 1. The maximum atomic E-state index is 14.7. The topological polar surface area (TPSA) is 449 Å². The summed E-state index contributed by atoms with van der Waals surface area (Å²) in [5.41, 5.74) is 23.4. The van der Waals surface area contributed by atoms with Gasteiger partial charge in [-0.2, -0.15) is 0 Å². The predicted octanol–water partition coefficient (Wildman–Crippen LogP) is -1.15. The van der Waals surface area contributed by atoms with E-state index in [0.717, 1.165) is 10.8 Å². The summed E-state index contributed by atoms with van der Waals surface area (Å²) >= 11 is 6.20. The van der Waals surface area contributed by atoms with Gasteiger partial charge < -0.3 is 80.8 Å². The Kier molecular flexibility index (Phi) is 28.2. The molecule has 28 nitrogen and oxygen atoms in total. The molecule has 1 aliphatic heterocycles. The van der Waals surface area contributed by atoms with Crippen molar-refractivity contribution >= 4 is 93.4 Å². The molecule has 18 N–H and O–H groups in total. The third kappa shape index (κ3) is 23.3. The van der Waals surface area contributed by atoms with Crippen LogP contribution >= 0.6 is 11.6 Å². The molecule has 90 heavy (non-hydrogen) atoms. The van der Waals surface area contributed by atoms with Crippen molar-refractivity contribution in [3.8, 4) is 0 Å². The lowest BCUT2D eigenvalue weighted by Gasteiger charge is -2.31. The number of amides is 12. The van der Waals surface area contributed by atoms with Crippen LogP contribution in [-0.4, -0.2) is 167 Å². The number of aliphatic imine (C=N–C) groups is 1. The lowest BCUT2D eigenvalue weighted by atomic mass is 9.99. The lowest BCUT2D eigenvalue weighted by Crippen LogP contribution is -2.61. The summed E-state index contributed by atoms with van der Waals surface area (Å²) < 4.78 is 0. The van der Waals surface area contributed by atoms with Crippen LogP contribution in [-0.2, 0) is 67.2 Å². The van der Waals surface area contributed by atoms with E-state index in [1.165, 1.54) is 31.1 Å². The van der Waals surface area contributed by atoms with Gasteiger partial charge in [0.1, 0.15) is 54.4 Å². The van der Waals surface area contributed by atoms with E-state index in [9.17, 15) is 57.8 Å². The number of pyridine rings is 1. The number of nitrogens with zero attached hydrogens (tertiary/aromatic N) is 3. The van der Waals surface area contributed by atoms with E-state index < -0.39 is 126 Å². The fourth-order valence-corrected chi connectivity index (χ4v) is 10.2. The van der Waals surface area contributed by atoms with Gasteiger partial charge in [0.2, 0.25) is 59.1 Å². The van der Waals surface area contributed by atoms with Gasteiger partial charge >= 0.3 is 6.03 Å². The minimum atomic E-state index is -1.79. The van der Waals surface area contributed by atoms with Crippen molar-refractivity contribution in [3.05, 3.63) is 113 Å². The van der Waals surface area contributed by atoms with Gasteiger partial charge in [0, 0.05) is 63.2 Å². The van der Waals surface area contributed by atoms with Crippen molar-refractivity contribution < 1.29 is 57.8 Å². The number of carbonyl (C=O) groups excluding carboxylic acids is 11. The Labute approximate surface area is 526 Å². The number of halogens is 1. The molecule has 3 aromatic carbocycles. The molecule has 9 atom stereocenters. The number of fused-ring (bicyclic) bond motifs is 1.